The van der Waals surface area contributed by atoms with E-state index in [-0.39, 0.29) is 24.2 Å². The van der Waals surface area contributed by atoms with Gasteiger partial charge in [-0.05, 0) is 38.3 Å². The lowest BCUT2D eigenvalue weighted by molar-refractivity contribution is -0.119. The first-order chi connectivity index (χ1) is 8.05. The molecule has 1 N–H and O–H groups in total. The topological polar surface area (TPSA) is 35.8 Å². The summed E-state index contributed by atoms with van der Waals surface area (Å²) in [4.78, 5) is 0. The van der Waals surface area contributed by atoms with Crippen LogP contribution < -0.4 is 5.32 Å². The molecule has 1 heterocycles. The molecule has 0 bridgehead atoms. The summed E-state index contributed by atoms with van der Waals surface area (Å²) < 4.78 is 25.4. The van der Waals surface area contributed by atoms with Gasteiger partial charge in [0, 0.05) is 12.8 Å². The summed E-state index contributed by atoms with van der Waals surface area (Å²) in [5.74, 6) is -2.38. The van der Waals surface area contributed by atoms with Crippen molar-refractivity contribution in [2.24, 2.45) is 11.3 Å². The first-order valence-corrected chi connectivity index (χ1v) is 6.55. The van der Waals surface area contributed by atoms with Gasteiger partial charge in [-0.3, -0.25) is 0 Å². The van der Waals surface area contributed by atoms with E-state index in [4.69, 9.17) is 0 Å². The number of piperidine rings is 1. The first-order valence-electron chi connectivity index (χ1n) is 6.55. The molecule has 0 amide bonds. The predicted molar refractivity (Wildman–Crippen MR) is 63.8 cm³/mol. The minimum atomic E-state index is -2.45. The van der Waals surface area contributed by atoms with Crippen LogP contribution in [0.25, 0.3) is 0 Å². The van der Waals surface area contributed by atoms with Crippen molar-refractivity contribution in [1.29, 1.82) is 5.26 Å². The summed E-state index contributed by atoms with van der Waals surface area (Å²) in [5, 5.41) is 12.4. The van der Waals surface area contributed by atoms with Crippen molar-refractivity contribution in [3.05, 3.63) is 0 Å². The number of hydrogen-bond donors (Lipinski definition) is 1. The highest BCUT2D eigenvalue weighted by Gasteiger charge is 2.48. The molecule has 1 saturated carbocycles. The average Bonchev–Trinajstić information content (AvgIpc) is 2.30. The van der Waals surface area contributed by atoms with Crippen LogP contribution in [0.15, 0.2) is 0 Å². The fraction of sp³-hybridized carbons (Fsp3) is 0.923. The van der Waals surface area contributed by atoms with Gasteiger partial charge in [-0.2, -0.15) is 5.26 Å². The molecule has 1 saturated heterocycles. The number of nitrogens with zero attached hydrogens (tertiary/aromatic N) is 1. The number of rotatable bonds is 2. The molecule has 0 spiro atoms. The monoisotopic (exact) mass is 244 g/mol. The van der Waals surface area contributed by atoms with Crippen LogP contribution in [-0.4, -0.2) is 19.0 Å². The molecule has 98 valence electrons. The molecule has 0 radical (unpaired) electrons. The van der Waals surface area contributed by atoms with E-state index in [1.54, 1.807) is 0 Å². The van der Waals surface area contributed by atoms with Gasteiger partial charge < -0.3 is 5.32 Å². The Morgan fingerprint density at radius 2 is 1.76 bits per heavy atom. The van der Waals surface area contributed by atoms with Gasteiger partial charge in [-0.25, -0.2) is 8.78 Å². The van der Waals surface area contributed by atoms with E-state index in [9.17, 15) is 14.0 Å². The smallest absolute Gasteiger partial charge is 0.248 e. The van der Waals surface area contributed by atoms with Gasteiger partial charge in [0.2, 0.25) is 5.92 Å². The third-order valence-electron chi connectivity index (χ3n) is 3.65. The Kier molecular flexibility index (Phi) is 4.88. The third kappa shape index (κ3) is 3.64. The van der Waals surface area contributed by atoms with Gasteiger partial charge in [0.25, 0.3) is 0 Å². The molecule has 0 atom stereocenters. The Hall–Kier alpha value is -0.690. The summed E-state index contributed by atoms with van der Waals surface area (Å²) >= 11 is 0. The van der Waals surface area contributed by atoms with Crippen LogP contribution in [0.2, 0.25) is 0 Å². The SMILES string of the molecule is CC.N#CC1(CC2CC(F)(F)C2)CCNCC1. The quantitative estimate of drug-likeness (QED) is 0.808. The molecule has 2 nitrogen and oxygen atoms in total. The van der Waals surface area contributed by atoms with Crippen molar-refractivity contribution in [1.82, 2.24) is 5.32 Å². The zero-order valence-electron chi connectivity index (χ0n) is 10.7. The van der Waals surface area contributed by atoms with E-state index in [1.807, 2.05) is 13.8 Å². The molecule has 0 unspecified atom stereocenters. The van der Waals surface area contributed by atoms with E-state index >= 15 is 0 Å². The minimum Gasteiger partial charge on any atom is -0.317 e. The second-order valence-corrected chi connectivity index (χ2v) is 4.98. The summed E-state index contributed by atoms with van der Waals surface area (Å²) in [6, 6.07) is 2.36. The van der Waals surface area contributed by atoms with Crippen LogP contribution in [0.3, 0.4) is 0 Å². The van der Waals surface area contributed by atoms with Crippen molar-refractivity contribution in [3.63, 3.8) is 0 Å². The molecule has 2 fully saturated rings. The zero-order chi connectivity index (χ0) is 12.9. The van der Waals surface area contributed by atoms with Gasteiger partial charge in [0.05, 0.1) is 11.5 Å². The molecule has 4 heteroatoms. The van der Waals surface area contributed by atoms with Crippen LogP contribution in [-0.2, 0) is 0 Å². The van der Waals surface area contributed by atoms with E-state index in [0.717, 1.165) is 25.9 Å². The highest BCUT2D eigenvalue weighted by molar-refractivity contribution is 5.04. The molecule has 0 aromatic rings. The minimum absolute atomic E-state index is 0.0101. The van der Waals surface area contributed by atoms with Crippen LogP contribution in [0.4, 0.5) is 8.78 Å². The van der Waals surface area contributed by atoms with Crippen LogP contribution in [0.1, 0.15) is 46.0 Å². The maximum absolute atomic E-state index is 12.7. The fourth-order valence-corrected chi connectivity index (χ4v) is 2.75. The van der Waals surface area contributed by atoms with Gasteiger partial charge in [-0.15, -0.1) is 0 Å². The molecule has 0 aromatic heterocycles. The second-order valence-electron chi connectivity index (χ2n) is 4.98. The second kappa shape index (κ2) is 5.77. The van der Waals surface area contributed by atoms with E-state index in [2.05, 4.69) is 11.4 Å². The molecular formula is C13H22F2N2. The summed E-state index contributed by atoms with van der Waals surface area (Å²) in [5.41, 5.74) is -0.327. The molecule has 2 rings (SSSR count). The van der Waals surface area contributed by atoms with Crippen molar-refractivity contribution < 1.29 is 8.78 Å². The number of nitrogens with one attached hydrogen (secondary N) is 1. The summed E-state index contributed by atoms with van der Waals surface area (Å²) in [6.45, 7) is 5.69. The largest absolute Gasteiger partial charge is 0.317 e. The number of nitriles is 1. The number of alkyl halides is 2. The van der Waals surface area contributed by atoms with Crippen molar-refractivity contribution in [3.8, 4) is 6.07 Å². The normalized spacial score (nSPS) is 26.1. The Bertz CT molecular complexity index is 270. The van der Waals surface area contributed by atoms with Crippen LogP contribution >= 0.6 is 0 Å². The highest BCUT2D eigenvalue weighted by atomic mass is 19.3. The Morgan fingerprint density at radius 3 is 2.18 bits per heavy atom. The zero-order valence-corrected chi connectivity index (χ0v) is 10.7. The lowest BCUT2D eigenvalue weighted by atomic mass is 9.67. The average molecular weight is 244 g/mol. The highest BCUT2D eigenvalue weighted by Crippen LogP contribution is 2.49. The van der Waals surface area contributed by atoms with E-state index in [1.165, 1.54) is 0 Å². The number of halogens is 2. The first kappa shape index (κ1) is 14.4. The predicted octanol–water partition coefficient (Wildman–Crippen LogP) is 3.34. The lowest BCUT2D eigenvalue weighted by Crippen LogP contribution is -2.42. The summed E-state index contributed by atoms with van der Waals surface area (Å²) in [6.07, 6.45) is 2.27. The number of hydrogen-bond acceptors (Lipinski definition) is 2. The van der Waals surface area contributed by atoms with E-state index < -0.39 is 5.92 Å². The van der Waals surface area contributed by atoms with Crippen molar-refractivity contribution in [2.45, 2.75) is 51.9 Å². The Morgan fingerprint density at radius 1 is 1.24 bits per heavy atom. The standard InChI is InChI=1S/C11H16F2N2.C2H6/c12-11(13)6-9(7-11)5-10(8-14)1-3-15-4-2-10;1-2/h9,15H,1-7H2;1-2H3. The van der Waals surface area contributed by atoms with Gasteiger partial charge in [0.15, 0.2) is 0 Å². The molecule has 1 aliphatic heterocycles. The molecule has 17 heavy (non-hydrogen) atoms. The van der Waals surface area contributed by atoms with E-state index in [0.29, 0.717) is 6.42 Å². The molecule has 1 aliphatic carbocycles. The lowest BCUT2D eigenvalue weighted by Gasteiger charge is -2.41. The maximum atomic E-state index is 12.7. The molecule has 0 aromatic carbocycles. The van der Waals surface area contributed by atoms with Crippen molar-refractivity contribution >= 4 is 0 Å². The van der Waals surface area contributed by atoms with Gasteiger partial charge in [-0.1, -0.05) is 13.8 Å². The maximum Gasteiger partial charge on any atom is 0.248 e. The Labute approximate surface area is 102 Å². The molecular weight excluding hydrogens is 222 g/mol. The fourth-order valence-electron chi connectivity index (χ4n) is 2.75. The molecule has 2 aliphatic rings. The van der Waals surface area contributed by atoms with Gasteiger partial charge in [0.1, 0.15) is 0 Å². The van der Waals surface area contributed by atoms with Crippen LogP contribution in [0.5, 0.6) is 0 Å². The van der Waals surface area contributed by atoms with Crippen molar-refractivity contribution in [2.75, 3.05) is 13.1 Å². The summed E-state index contributed by atoms with van der Waals surface area (Å²) in [7, 11) is 0. The van der Waals surface area contributed by atoms with Gasteiger partial charge >= 0.3 is 0 Å². The third-order valence-corrected chi connectivity index (χ3v) is 3.65. The Balaban J connectivity index is 0.000000686. The van der Waals surface area contributed by atoms with Crippen LogP contribution in [0, 0.1) is 22.7 Å².